The molecule has 0 spiro atoms. The SMILES string of the molecule is CC(C)c1nc(Cc2ccc(NC(=O)C[C@H](NS(C)(=O)=O)c3ccc(F)cc3)cc2)no1. The topological polar surface area (TPSA) is 114 Å². The van der Waals surface area contributed by atoms with Crippen LogP contribution in [0, 0.1) is 5.82 Å². The summed E-state index contributed by atoms with van der Waals surface area (Å²) in [6.07, 6.45) is 1.35. The number of nitrogens with one attached hydrogen (secondary N) is 2. The molecule has 0 saturated heterocycles. The minimum Gasteiger partial charge on any atom is -0.339 e. The van der Waals surface area contributed by atoms with Crippen LogP contribution >= 0.6 is 0 Å². The van der Waals surface area contributed by atoms with E-state index in [4.69, 9.17) is 4.52 Å². The van der Waals surface area contributed by atoms with Gasteiger partial charge in [0.25, 0.3) is 0 Å². The maximum atomic E-state index is 13.2. The van der Waals surface area contributed by atoms with Gasteiger partial charge in [-0.3, -0.25) is 4.79 Å². The summed E-state index contributed by atoms with van der Waals surface area (Å²) < 4.78 is 44.3. The number of sulfonamides is 1. The van der Waals surface area contributed by atoms with E-state index < -0.39 is 21.9 Å². The normalized spacial score (nSPS) is 12.7. The first kappa shape index (κ1) is 23.6. The van der Waals surface area contributed by atoms with Gasteiger partial charge in [-0.05, 0) is 35.4 Å². The van der Waals surface area contributed by atoms with E-state index in [9.17, 15) is 17.6 Å². The Kier molecular flexibility index (Phi) is 7.37. The lowest BCUT2D eigenvalue weighted by atomic mass is 10.0. The van der Waals surface area contributed by atoms with Crippen LogP contribution in [0.3, 0.4) is 0 Å². The van der Waals surface area contributed by atoms with E-state index in [1.54, 1.807) is 12.1 Å². The van der Waals surface area contributed by atoms with E-state index in [0.717, 1.165) is 11.8 Å². The Labute approximate surface area is 186 Å². The van der Waals surface area contributed by atoms with Gasteiger partial charge >= 0.3 is 0 Å². The highest BCUT2D eigenvalue weighted by Crippen LogP contribution is 2.20. The Balaban J connectivity index is 1.63. The van der Waals surface area contributed by atoms with Crippen LogP contribution in [0.1, 0.15) is 55.1 Å². The van der Waals surface area contributed by atoms with E-state index in [1.165, 1.54) is 24.3 Å². The number of anilines is 1. The van der Waals surface area contributed by atoms with Crippen molar-refractivity contribution in [2.75, 3.05) is 11.6 Å². The zero-order valence-electron chi connectivity index (χ0n) is 18.0. The monoisotopic (exact) mass is 460 g/mol. The highest BCUT2D eigenvalue weighted by atomic mass is 32.2. The Morgan fingerprint density at radius 3 is 2.31 bits per heavy atom. The Morgan fingerprint density at radius 2 is 1.75 bits per heavy atom. The molecule has 3 rings (SSSR count). The molecule has 1 atom stereocenters. The number of carbonyl (C=O) groups excluding carboxylic acids is 1. The molecule has 0 bridgehead atoms. The van der Waals surface area contributed by atoms with Gasteiger partial charge < -0.3 is 9.84 Å². The third-order valence-electron chi connectivity index (χ3n) is 4.60. The second-order valence-electron chi connectivity index (χ2n) is 7.82. The van der Waals surface area contributed by atoms with E-state index in [-0.39, 0.29) is 18.2 Å². The lowest BCUT2D eigenvalue weighted by molar-refractivity contribution is -0.116. The number of halogens is 1. The second kappa shape index (κ2) is 10.0. The molecule has 0 aliphatic carbocycles. The summed E-state index contributed by atoms with van der Waals surface area (Å²) in [4.78, 5) is 16.9. The van der Waals surface area contributed by atoms with E-state index >= 15 is 0 Å². The van der Waals surface area contributed by atoms with Crippen molar-refractivity contribution < 1.29 is 22.1 Å². The third-order valence-corrected chi connectivity index (χ3v) is 5.31. The molecule has 1 amide bonds. The van der Waals surface area contributed by atoms with Gasteiger partial charge in [0.2, 0.25) is 21.8 Å². The fourth-order valence-corrected chi connectivity index (χ4v) is 3.78. The molecule has 0 saturated carbocycles. The molecule has 0 unspecified atom stereocenters. The molecule has 0 radical (unpaired) electrons. The van der Waals surface area contributed by atoms with E-state index in [0.29, 0.717) is 29.4 Å². The lowest BCUT2D eigenvalue weighted by Gasteiger charge is -2.18. The molecule has 3 aromatic rings. The first-order valence-electron chi connectivity index (χ1n) is 10.0. The highest BCUT2D eigenvalue weighted by molar-refractivity contribution is 7.88. The van der Waals surface area contributed by atoms with E-state index in [1.807, 2.05) is 26.0 Å². The molecule has 8 nitrogen and oxygen atoms in total. The number of rotatable bonds is 9. The Morgan fingerprint density at radius 1 is 1.09 bits per heavy atom. The minimum absolute atomic E-state index is 0.151. The molecule has 0 aliphatic heterocycles. The second-order valence-corrected chi connectivity index (χ2v) is 9.60. The average molecular weight is 461 g/mol. The van der Waals surface area contributed by atoms with Crippen molar-refractivity contribution in [3.05, 3.63) is 77.2 Å². The van der Waals surface area contributed by atoms with Crippen LogP contribution in [0.4, 0.5) is 10.1 Å². The molecule has 1 heterocycles. The molecule has 1 aromatic heterocycles. The van der Waals surface area contributed by atoms with Crippen molar-refractivity contribution in [1.29, 1.82) is 0 Å². The summed E-state index contributed by atoms with van der Waals surface area (Å²) in [7, 11) is -3.58. The fraction of sp³-hybridized carbons (Fsp3) is 0.318. The lowest BCUT2D eigenvalue weighted by Crippen LogP contribution is -2.30. The number of hydrogen-bond donors (Lipinski definition) is 2. The number of benzene rings is 2. The number of aromatic nitrogens is 2. The summed E-state index contributed by atoms with van der Waals surface area (Å²) in [5.74, 6) is 0.493. The molecular formula is C22H25FN4O4S. The zero-order chi connectivity index (χ0) is 23.3. The number of carbonyl (C=O) groups is 1. The van der Waals surface area contributed by atoms with Crippen LogP contribution in [-0.2, 0) is 21.2 Å². The van der Waals surface area contributed by atoms with Crippen molar-refractivity contribution in [3.63, 3.8) is 0 Å². The molecule has 0 fully saturated rings. The van der Waals surface area contributed by atoms with Crippen LogP contribution < -0.4 is 10.0 Å². The molecule has 2 N–H and O–H groups in total. The van der Waals surface area contributed by atoms with Crippen LogP contribution in [0.25, 0.3) is 0 Å². The van der Waals surface area contributed by atoms with Gasteiger partial charge in [0, 0.05) is 24.4 Å². The van der Waals surface area contributed by atoms with Crippen molar-refractivity contribution >= 4 is 21.6 Å². The van der Waals surface area contributed by atoms with E-state index in [2.05, 4.69) is 20.2 Å². The first-order chi connectivity index (χ1) is 15.1. The van der Waals surface area contributed by atoms with Crippen LogP contribution in [-0.4, -0.2) is 30.7 Å². The largest absolute Gasteiger partial charge is 0.339 e. The van der Waals surface area contributed by atoms with Crippen LogP contribution in [0.5, 0.6) is 0 Å². The van der Waals surface area contributed by atoms with Crippen LogP contribution in [0.15, 0.2) is 53.1 Å². The summed E-state index contributed by atoms with van der Waals surface area (Å²) in [5.41, 5.74) is 2.00. The molecule has 2 aromatic carbocycles. The minimum atomic E-state index is -3.58. The van der Waals surface area contributed by atoms with Gasteiger partial charge in [-0.2, -0.15) is 4.98 Å². The van der Waals surface area contributed by atoms with Crippen molar-refractivity contribution in [1.82, 2.24) is 14.9 Å². The summed E-state index contributed by atoms with van der Waals surface area (Å²) in [6.45, 7) is 3.95. The molecule has 170 valence electrons. The third kappa shape index (κ3) is 6.96. The Bertz CT molecular complexity index is 1160. The molecule has 10 heteroatoms. The summed E-state index contributed by atoms with van der Waals surface area (Å²) >= 11 is 0. The number of amides is 1. The van der Waals surface area contributed by atoms with Crippen molar-refractivity contribution in [2.45, 2.75) is 38.6 Å². The Hall–Kier alpha value is -3.11. The molecule has 0 aliphatic rings. The smallest absolute Gasteiger partial charge is 0.229 e. The van der Waals surface area contributed by atoms with Crippen molar-refractivity contribution in [3.8, 4) is 0 Å². The first-order valence-corrected chi connectivity index (χ1v) is 11.9. The average Bonchev–Trinajstić information content (AvgIpc) is 3.17. The van der Waals surface area contributed by atoms with Gasteiger partial charge in [0.1, 0.15) is 5.82 Å². The number of hydrogen-bond acceptors (Lipinski definition) is 6. The predicted octanol–water partition coefficient (Wildman–Crippen LogP) is 3.54. The van der Waals surface area contributed by atoms with Gasteiger partial charge in [-0.25, -0.2) is 17.5 Å². The maximum Gasteiger partial charge on any atom is 0.229 e. The maximum absolute atomic E-state index is 13.2. The summed E-state index contributed by atoms with van der Waals surface area (Å²) in [6, 6.07) is 11.7. The van der Waals surface area contributed by atoms with Gasteiger partial charge in [0.15, 0.2) is 5.82 Å². The quantitative estimate of drug-likeness (QED) is 0.505. The summed E-state index contributed by atoms with van der Waals surface area (Å²) in [5, 5.41) is 6.72. The fourth-order valence-electron chi connectivity index (χ4n) is 3.04. The number of nitrogens with zero attached hydrogens (tertiary/aromatic N) is 2. The molecule has 32 heavy (non-hydrogen) atoms. The van der Waals surface area contributed by atoms with Crippen LogP contribution in [0.2, 0.25) is 0 Å². The van der Waals surface area contributed by atoms with Crippen molar-refractivity contribution in [2.24, 2.45) is 0 Å². The predicted molar refractivity (Wildman–Crippen MR) is 118 cm³/mol. The molecular weight excluding hydrogens is 435 g/mol. The van der Waals surface area contributed by atoms with Gasteiger partial charge in [-0.1, -0.05) is 43.3 Å². The van der Waals surface area contributed by atoms with Gasteiger partial charge in [0.05, 0.1) is 12.3 Å². The standard InChI is InChI=1S/C22H25FN4O4S/c1-14(2)22-25-20(26-31-22)12-15-4-10-18(11-5-15)24-21(28)13-19(27-32(3,29)30)16-6-8-17(23)9-7-16/h4-11,14,19,27H,12-13H2,1-3H3,(H,24,28)/t19-/m0/s1. The van der Waals surface area contributed by atoms with Gasteiger partial charge in [-0.15, -0.1) is 0 Å². The highest BCUT2D eigenvalue weighted by Gasteiger charge is 2.20. The zero-order valence-corrected chi connectivity index (χ0v) is 18.8.